The van der Waals surface area contributed by atoms with Gasteiger partial charge in [-0.1, -0.05) is 38.5 Å². The summed E-state index contributed by atoms with van der Waals surface area (Å²) >= 11 is 14.9. The fourth-order valence-corrected chi connectivity index (χ4v) is 3.02. The second kappa shape index (κ2) is 34.6. The van der Waals surface area contributed by atoms with Crippen molar-refractivity contribution in [1.29, 1.82) is 0 Å². The average Bonchev–Trinajstić information content (AvgIpc) is 2.87. The van der Waals surface area contributed by atoms with Gasteiger partial charge in [-0.25, -0.2) is 0 Å². The Morgan fingerprint density at radius 1 is 0.667 bits per heavy atom. The van der Waals surface area contributed by atoms with E-state index in [2.05, 4.69) is 20.8 Å². The van der Waals surface area contributed by atoms with E-state index in [0.717, 1.165) is 57.9 Å². The molecule has 0 rings (SSSR count). The summed E-state index contributed by atoms with van der Waals surface area (Å²) in [7, 11) is 8.00. The molecule has 0 aliphatic rings. The highest BCUT2D eigenvalue weighted by Gasteiger charge is 2.16. The predicted molar refractivity (Wildman–Crippen MR) is 179 cm³/mol. The Morgan fingerprint density at radius 2 is 1.00 bits per heavy atom. The van der Waals surface area contributed by atoms with Crippen LogP contribution >= 0.6 is 34.8 Å². The SMILES string of the molecule is CC(C)(C)OC(=O)CCCCCCCN.CC(C)(C)OC(=O)CCCCCCCNC(=O)CCl.O=C(Cl)CCl.[B].[B][B]. The molecule has 0 saturated heterocycles. The van der Waals surface area contributed by atoms with Crippen LogP contribution in [-0.4, -0.2) is 83.0 Å². The van der Waals surface area contributed by atoms with E-state index < -0.39 is 10.8 Å². The van der Waals surface area contributed by atoms with Crippen LogP contribution in [0.4, 0.5) is 0 Å². The molecule has 0 spiro atoms. The van der Waals surface area contributed by atoms with E-state index in [1.807, 2.05) is 41.5 Å². The van der Waals surface area contributed by atoms with Crippen LogP contribution in [0.5, 0.6) is 0 Å². The maximum absolute atomic E-state index is 11.4. The van der Waals surface area contributed by atoms with Crippen molar-refractivity contribution in [3.05, 3.63) is 0 Å². The molecular formula is C28H53B3Cl3N2O6. The highest BCUT2D eigenvalue weighted by atomic mass is 35.5. The van der Waals surface area contributed by atoms with Gasteiger partial charge in [0.05, 0.1) is 5.88 Å². The van der Waals surface area contributed by atoms with E-state index in [1.54, 1.807) is 0 Å². The molecule has 0 bridgehead atoms. The van der Waals surface area contributed by atoms with Gasteiger partial charge in [0.25, 0.3) is 0 Å². The maximum Gasteiger partial charge on any atom is 0.306 e. The number of rotatable bonds is 17. The standard InChI is InChI=1S/C14H26ClNO3.C12H25NO2.C2H2Cl2O.B2.B/c1-14(2,3)19-13(18)9-7-5-4-6-8-10-16-12(17)11-15;1-12(2,3)15-11(14)9-7-5-4-6-8-10-13;3-1-2(4)5;1-2;/h4-11H2,1-3H3,(H,16,17);4-10,13H2,1-3H3;1H2;;. The molecule has 42 heavy (non-hydrogen) atoms. The molecule has 0 aromatic rings. The van der Waals surface area contributed by atoms with Crippen LogP contribution in [0.15, 0.2) is 0 Å². The number of esters is 2. The van der Waals surface area contributed by atoms with E-state index in [1.165, 1.54) is 12.8 Å². The highest BCUT2D eigenvalue weighted by Crippen LogP contribution is 2.12. The summed E-state index contributed by atoms with van der Waals surface area (Å²) in [5, 5.41) is 2.21. The molecule has 0 aliphatic carbocycles. The van der Waals surface area contributed by atoms with Gasteiger partial charge in [0.1, 0.15) is 17.1 Å². The van der Waals surface area contributed by atoms with Crippen LogP contribution in [0.25, 0.3) is 0 Å². The summed E-state index contributed by atoms with van der Waals surface area (Å²) in [5.41, 5.74) is 4.65. The molecule has 0 aromatic carbocycles. The summed E-state index contributed by atoms with van der Waals surface area (Å²) in [6, 6.07) is 0. The fourth-order valence-electron chi connectivity index (χ4n) is 2.93. The van der Waals surface area contributed by atoms with Gasteiger partial charge in [-0.15, -0.1) is 23.2 Å². The zero-order valence-electron chi connectivity index (χ0n) is 26.7. The molecule has 3 N–H and O–H groups in total. The average molecular weight is 653 g/mol. The first-order valence-electron chi connectivity index (χ1n) is 14.1. The third-order valence-electron chi connectivity index (χ3n) is 4.53. The Balaban J connectivity index is -0.000000177. The van der Waals surface area contributed by atoms with Gasteiger partial charge in [0, 0.05) is 43.3 Å². The van der Waals surface area contributed by atoms with Crippen LogP contribution in [0.3, 0.4) is 0 Å². The third-order valence-corrected chi connectivity index (χ3v) is 5.29. The van der Waals surface area contributed by atoms with Crippen LogP contribution < -0.4 is 11.1 Å². The first-order valence-corrected chi connectivity index (χ1v) is 15.6. The first kappa shape index (κ1) is 50.7. The van der Waals surface area contributed by atoms with Crippen LogP contribution in [0.1, 0.15) is 119 Å². The molecule has 0 aromatic heterocycles. The van der Waals surface area contributed by atoms with E-state index >= 15 is 0 Å². The lowest BCUT2D eigenvalue weighted by molar-refractivity contribution is -0.156. The molecule has 0 atom stereocenters. The number of ether oxygens (including phenoxy) is 2. The number of halogens is 3. The molecule has 7 radical (unpaired) electrons. The van der Waals surface area contributed by atoms with Crippen molar-refractivity contribution in [1.82, 2.24) is 5.32 Å². The lowest BCUT2D eigenvalue weighted by Gasteiger charge is -2.19. The number of alkyl halides is 2. The van der Waals surface area contributed by atoms with E-state index in [-0.39, 0.29) is 43.6 Å². The van der Waals surface area contributed by atoms with Crippen LogP contribution in [-0.2, 0) is 28.7 Å². The molecule has 1 amide bonds. The molecular weight excluding hydrogens is 599 g/mol. The van der Waals surface area contributed by atoms with Gasteiger partial charge in [-0.05, 0) is 85.4 Å². The molecule has 8 nitrogen and oxygen atoms in total. The van der Waals surface area contributed by atoms with Crippen molar-refractivity contribution in [3.8, 4) is 0 Å². The zero-order valence-corrected chi connectivity index (χ0v) is 29.0. The van der Waals surface area contributed by atoms with Crippen molar-refractivity contribution in [2.24, 2.45) is 5.73 Å². The van der Waals surface area contributed by atoms with Crippen LogP contribution in [0.2, 0.25) is 0 Å². The normalized spacial score (nSPS) is 10.1. The Bertz CT molecular complexity index is 666. The second-order valence-electron chi connectivity index (χ2n) is 11.0. The largest absolute Gasteiger partial charge is 0.460 e. The van der Waals surface area contributed by atoms with Gasteiger partial charge >= 0.3 is 11.9 Å². The Morgan fingerprint density at radius 3 is 1.31 bits per heavy atom. The molecule has 0 aliphatic heterocycles. The summed E-state index contributed by atoms with van der Waals surface area (Å²) < 4.78 is 10.4. The third kappa shape index (κ3) is 55.1. The van der Waals surface area contributed by atoms with Crippen molar-refractivity contribution >= 4 is 81.8 Å². The minimum absolute atomic E-state index is 0. The van der Waals surface area contributed by atoms with Gasteiger partial charge in [0.2, 0.25) is 11.1 Å². The maximum atomic E-state index is 11.4. The van der Waals surface area contributed by atoms with Crippen molar-refractivity contribution < 1.29 is 28.7 Å². The number of hydrogen-bond acceptors (Lipinski definition) is 7. The van der Waals surface area contributed by atoms with Crippen molar-refractivity contribution in [2.45, 2.75) is 130 Å². The monoisotopic (exact) mass is 651 g/mol. The quantitative estimate of drug-likeness (QED) is 0.0700. The first-order chi connectivity index (χ1) is 19.1. The highest BCUT2D eigenvalue weighted by molar-refractivity contribution is 6.75. The van der Waals surface area contributed by atoms with Crippen LogP contribution in [0, 0.1) is 0 Å². The number of carbonyl (C=O) groups excluding carboxylic acids is 4. The topological polar surface area (TPSA) is 125 Å². The van der Waals surface area contributed by atoms with E-state index in [9.17, 15) is 19.2 Å². The van der Waals surface area contributed by atoms with Gasteiger partial charge in [0.15, 0.2) is 0 Å². The molecule has 241 valence electrons. The van der Waals surface area contributed by atoms with E-state index in [4.69, 9.17) is 50.0 Å². The predicted octanol–water partition coefficient (Wildman–Crippen LogP) is 5.50. The molecule has 14 heteroatoms. The number of hydrogen-bond donors (Lipinski definition) is 2. The van der Waals surface area contributed by atoms with Gasteiger partial charge < -0.3 is 20.5 Å². The number of nitrogens with two attached hydrogens (primary N) is 1. The number of carbonyl (C=O) groups is 4. The Labute approximate surface area is 275 Å². The summed E-state index contributed by atoms with van der Waals surface area (Å²) in [5.74, 6) is -0.396. The number of unbranched alkanes of at least 4 members (excludes halogenated alkanes) is 8. The van der Waals surface area contributed by atoms with Gasteiger partial charge in [-0.3, -0.25) is 19.2 Å². The van der Waals surface area contributed by atoms with Gasteiger partial charge in [-0.2, -0.15) is 0 Å². The lowest BCUT2D eigenvalue weighted by Crippen LogP contribution is -2.25. The lowest BCUT2D eigenvalue weighted by atomic mass is 9.81. The summed E-state index contributed by atoms with van der Waals surface area (Å²) in [6.07, 6.45) is 11.4. The van der Waals surface area contributed by atoms with E-state index in [0.29, 0.717) is 19.4 Å². The minimum Gasteiger partial charge on any atom is -0.460 e. The Hall–Kier alpha value is -0.895. The smallest absolute Gasteiger partial charge is 0.306 e. The second-order valence-corrected chi connectivity index (χ2v) is 11.9. The Kier molecular flexibility index (Phi) is 41.8. The van der Waals surface area contributed by atoms with Crippen molar-refractivity contribution in [3.63, 3.8) is 0 Å². The fraction of sp³-hybridized carbons (Fsp3) is 0.857. The molecule has 0 fully saturated rings. The molecule has 0 heterocycles. The number of amides is 1. The molecule has 0 unspecified atom stereocenters. The summed E-state index contributed by atoms with van der Waals surface area (Å²) in [6.45, 7) is 12.8. The molecule has 0 saturated carbocycles. The minimum atomic E-state index is -0.508. The number of nitrogens with one attached hydrogen (secondary N) is 1. The van der Waals surface area contributed by atoms with Crippen molar-refractivity contribution in [2.75, 3.05) is 24.8 Å². The zero-order chi connectivity index (χ0) is 32.7. The summed E-state index contributed by atoms with van der Waals surface area (Å²) in [4.78, 5) is 43.0.